The van der Waals surface area contributed by atoms with Gasteiger partial charge in [-0.15, -0.1) is 0 Å². The molecular weight excluding hydrogens is 368 g/mol. The van der Waals surface area contributed by atoms with E-state index in [1.807, 2.05) is 0 Å². The van der Waals surface area contributed by atoms with Gasteiger partial charge in [0, 0.05) is 11.9 Å². The summed E-state index contributed by atoms with van der Waals surface area (Å²) in [5.74, 6) is -0.301. The molecule has 1 fully saturated rings. The van der Waals surface area contributed by atoms with Crippen molar-refractivity contribution in [2.45, 2.75) is 117 Å². The van der Waals surface area contributed by atoms with Gasteiger partial charge in [-0.05, 0) is 12.8 Å². The molecule has 0 aromatic carbocycles. The standard InChI is InChI=1S/C18H36O2.C4H8O2.Ca/c1-2-3-4-5-6-7-8-9-10-11-12-13-14-15-16-17-18(19)20;1-4-2-5-6-3-4;/h2-17H2,1H3,(H,19,20);4H,2-3H2,1H3;/q;;+2/p-1. The van der Waals surface area contributed by atoms with Gasteiger partial charge >= 0.3 is 37.7 Å². The zero-order valence-electron chi connectivity index (χ0n) is 18.1. The Labute approximate surface area is 198 Å². The molecule has 0 bridgehead atoms. The number of hydrogen-bond donors (Lipinski definition) is 0. The van der Waals surface area contributed by atoms with Gasteiger partial charge in [0.25, 0.3) is 0 Å². The van der Waals surface area contributed by atoms with Crippen molar-refractivity contribution >= 4 is 43.7 Å². The molecule has 0 aromatic heterocycles. The molecule has 0 unspecified atom stereocenters. The molecule has 0 aliphatic carbocycles. The van der Waals surface area contributed by atoms with Crippen molar-refractivity contribution in [1.82, 2.24) is 0 Å². The van der Waals surface area contributed by atoms with Crippen LogP contribution in [0, 0.1) is 5.92 Å². The van der Waals surface area contributed by atoms with Crippen LogP contribution in [0.2, 0.25) is 0 Å². The topological polar surface area (TPSA) is 58.6 Å². The third-order valence-corrected chi connectivity index (χ3v) is 4.77. The molecule has 4 nitrogen and oxygen atoms in total. The summed E-state index contributed by atoms with van der Waals surface area (Å²) >= 11 is 0. The normalized spacial score (nSPS) is 13.7. The van der Waals surface area contributed by atoms with Crippen molar-refractivity contribution in [3.05, 3.63) is 0 Å². The van der Waals surface area contributed by atoms with Crippen molar-refractivity contribution in [3.8, 4) is 0 Å². The first kappa shape index (κ1) is 29.8. The zero-order chi connectivity index (χ0) is 19.3. The summed E-state index contributed by atoms with van der Waals surface area (Å²) in [6.07, 6.45) is 19.9. The van der Waals surface area contributed by atoms with E-state index in [0.29, 0.717) is 5.92 Å². The number of carbonyl (C=O) groups is 1. The van der Waals surface area contributed by atoms with E-state index < -0.39 is 5.97 Å². The molecule has 1 aliphatic rings. The summed E-state index contributed by atoms with van der Waals surface area (Å²) in [5.41, 5.74) is 0. The van der Waals surface area contributed by atoms with E-state index in [4.69, 9.17) is 0 Å². The molecule has 1 heterocycles. The van der Waals surface area contributed by atoms with Crippen LogP contribution in [-0.2, 0) is 14.6 Å². The predicted molar refractivity (Wildman–Crippen MR) is 111 cm³/mol. The number of aliphatic carboxylic acids is 1. The molecule has 27 heavy (non-hydrogen) atoms. The fourth-order valence-corrected chi connectivity index (χ4v) is 3.02. The third kappa shape index (κ3) is 26.6. The van der Waals surface area contributed by atoms with Crippen molar-refractivity contribution in [3.63, 3.8) is 0 Å². The second-order valence-corrected chi connectivity index (χ2v) is 7.75. The van der Waals surface area contributed by atoms with E-state index >= 15 is 0 Å². The Morgan fingerprint density at radius 2 is 1.07 bits per heavy atom. The van der Waals surface area contributed by atoms with Gasteiger partial charge in [0.1, 0.15) is 0 Å². The van der Waals surface area contributed by atoms with Crippen molar-refractivity contribution < 1.29 is 19.7 Å². The first-order valence-electron chi connectivity index (χ1n) is 11.1. The first-order valence-corrected chi connectivity index (χ1v) is 11.1. The van der Waals surface area contributed by atoms with Crippen LogP contribution in [0.3, 0.4) is 0 Å². The molecule has 0 atom stereocenters. The fraction of sp³-hybridized carbons (Fsp3) is 0.955. The van der Waals surface area contributed by atoms with E-state index in [-0.39, 0.29) is 44.2 Å². The smallest absolute Gasteiger partial charge is 0.550 e. The summed E-state index contributed by atoms with van der Waals surface area (Å²) in [4.78, 5) is 19.3. The fourth-order valence-electron chi connectivity index (χ4n) is 3.02. The van der Waals surface area contributed by atoms with Gasteiger partial charge < -0.3 is 9.90 Å². The van der Waals surface area contributed by atoms with Crippen LogP contribution >= 0.6 is 0 Å². The van der Waals surface area contributed by atoms with Crippen LogP contribution in [0.1, 0.15) is 117 Å². The monoisotopic (exact) mass is 411 g/mol. The van der Waals surface area contributed by atoms with Crippen LogP contribution in [0.4, 0.5) is 0 Å². The molecule has 1 rings (SSSR count). The SMILES string of the molecule is CC1COOC1.CCCCCCCCCCCCCCCCCC(=O)[O-].[Ca+2]. The Kier molecular flexibility index (Phi) is 27.3. The zero-order valence-corrected chi connectivity index (χ0v) is 20.4. The third-order valence-electron chi connectivity index (χ3n) is 4.77. The molecule has 156 valence electrons. The summed E-state index contributed by atoms with van der Waals surface area (Å²) in [7, 11) is 0. The predicted octanol–water partition coefficient (Wildman–Crippen LogP) is 5.20. The second kappa shape index (κ2) is 24.7. The Bertz CT molecular complexity index is 294. The number of carboxylic acid groups (broad SMARTS) is 1. The maximum Gasteiger partial charge on any atom is 2.00 e. The minimum atomic E-state index is -0.903. The van der Waals surface area contributed by atoms with Gasteiger partial charge in [-0.25, -0.2) is 9.78 Å². The average Bonchev–Trinajstić information content (AvgIpc) is 3.09. The van der Waals surface area contributed by atoms with Gasteiger partial charge in [0.05, 0.1) is 13.2 Å². The van der Waals surface area contributed by atoms with Crippen LogP contribution in [0.5, 0.6) is 0 Å². The van der Waals surface area contributed by atoms with Crippen molar-refractivity contribution in [2.75, 3.05) is 13.2 Å². The number of carboxylic acids is 1. The van der Waals surface area contributed by atoms with E-state index in [0.717, 1.165) is 26.1 Å². The van der Waals surface area contributed by atoms with Gasteiger partial charge in [0.2, 0.25) is 0 Å². The second-order valence-electron chi connectivity index (χ2n) is 7.75. The van der Waals surface area contributed by atoms with Gasteiger partial charge in [-0.1, -0.05) is 104 Å². The van der Waals surface area contributed by atoms with Gasteiger partial charge in [-0.2, -0.15) is 0 Å². The largest absolute Gasteiger partial charge is 2.00 e. The Morgan fingerprint density at radius 1 is 0.741 bits per heavy atom. The molecule has 0 radical (unpaired) electrons. The molecule has 1 saturated heterocycles. The van der Waals surface area contributed by atoms with Crippen molar-refractivity contribution in [2.24, 2.45) is 5.92 Å². The summed E-state index contributed by atoms with van der Waals surface area (Å²) in [5, 5.41) is 10.2. The Balaban J connectivity index is 0. The van der Waals surface area contributed by atoms with E-state index in [1.165, 1.54) is 83.5 Å². The molecule has 1 aliphatic heterocycles. The molecule has 0 aromatic rings. The molecule has 0 amide bonds. The minimum Gasteiger partial charge on any atom is -0.550 e. The molecular formula is C22H43CaO4+. The van der Waals surface area contributed by atoms with Crippen LogP contribution in [0.25, 0.3) is 0 Å². The Hall–Kier alpha value is 0.650. The molecule has 0 spiro atoms. The van der Waals surface area contributed by atoms with E-state index in [9.17, 15) is 9.90 Å². The number of hydrogen-bond acceptors (Lipinski definition) is 4. The molecule has 5 heteroatoms. The average molecular weight is 412 g/mol. The number of rotatable bonds is 16. The van der Waals surface area contributed by atoms with Crippen LogP contribution in [-0.4, -0.2) is 56.9 Å². The van der Waals surface area contributed by atoms with Crippen molar-refractivity contribution in [1.29, 1.82) is 0 Å². The summed E-state index contributed by atoms with van der Waals surface area (Å²) in [6, 6.07) is 0. The summed E-state index contributed by atoms with van der Waals surface area (Å²) < 4.78 is 0. The summed E-state index contributed by atoms with van der Waals surface area (Å²) in [6.45, 7) is 5.89. The maximum atomic E-state index is 10.2. The van der Waals surface area contributed by atoms with Gasteiger partial charge in [0.15, 0.2) is 0 Å². The Morgan fingerprint density at radius 3 is 1.33 bits per heavy atom. The van der Waals surface area contributed by atoms with Gasteiger partial charge in [-0.3, -0.25) is 0 Å². The quantitative estimate of drug-likeness (QED) is 0.199. The van der Waals surface area contributed by atoms with Crippen LogP contribution < -0.4 is 5.11 Å². The minimum absolute atomic E-state index is 0. The molecule has 0 saturated carbocycles. The number of carbonyl (C=O) groups excluding carboxylic acids is 1. The number of unbranched alkanes of at least 4 members (excludes halogenated alkanes) is 14. The van der Waals surface area contributed by atoms with Crippen LogP contribution in [0.15, 0.2) is 0 Å². The molecule has 0 N–H and O–H groups in total. The maximum absolute atomic E-state index is 10.2. The van der Waals surface area contributed by atoms with E-state index in [2.05, 4.69) is 23.6 Å². The first-order chi connectivity index (χ1) is 12.7. The van der Waals surface area contributed by atoms with E-state index in [1.54, 1.807) is 0 Å².